The maximum absolute atomic E-state index is 13.4. The molecule has 9 nitrogen and oxygen atoms in total. The van der Waals surface area contributed by atoms with Crippen LogP contribution in [0.3, 0.4) is 0 Å². The first-order chi connectivity index (χ1) is 17.5. The summed E-state index contributed by atoms with van der Waals surface area (Å²) < 4.78 is 23.6. The molecule has 1 aliphatic heterocycles. The second-order valence-corrected chi connectivity index (χ2v) is 11.6. The van der Waals surface area contributed by atoms with Crippen LogP contribution in [0.1, 0.15) is 25.0 Å². The van der Waals surface area contributed by atoms with E-state index in [9.17, 15) is 18.5 Å². The number of sulfone groups is 1. The van der Waals surface area contributed by atoms with Crippen molar-refractivity contribution >= 4 is 38.3 Å². The van der Waals surface area contributed by atoms with E-state index in [0.717, 1.165) is 17.4 Å². The standard InChI is InChI=1S/C27H24N6O3S/c1-27(2,16-28)19-6-8-20(9-7-19)33-25-18(15-32(3)26(33)34)14-29-22-11-10-21(31-24(22)25)17-5-12-23(30-13-17)37(4,35)36/h5-14H,15H2,1-4H3. The van der Waals surface area contributed by atoms with Crippen LogP contribution in [-0.4, -0.2) is 47.6 Å². The lowest BCUT2D eigenvalue weighted by Gasteiger charge is -2.35. The van der Waals surface area contributed by atoms with Gasteiger partial charge in [0.2, 0.25) is 0 Å². The highest BCUT2D eigenvalue weighted by molar-refractivity contribution is 7.90. The van der Waals surface area contributed by atoms with E-state index in [1.807, 2.05) is 44.2 Å². The van der Waals surface area contributed by atoms with Crippen LogP contribution in [0.25, 0.3) is 22.3 Å². The second kappa shape index (κ2) is 8.64. The molecule has 0 spiro atoms. The number of carbonyl (C=O) groups excluding carboxylic acids is 1. The maximum atomic E-state index is 13.4. The van der Waals surface area contributed by atoms with Crippen LogP contribution in [0.2, 0.25) is 0 Å². The third-order valence-electron chi connectivity index (χ3n) is 6.45. The predicted octanol–water partition coefficient (Wildman–Crippen LogP) is 4.60. The zero-order chi connectivity index (χ0) is 26.5. The summed E-state index contributed by atoms with van der Waals surface area (Å²) >= 11 is 0. The molecule has 4 aromatic rings. The highest BCUT2D eigenvalue weighted by atomic mass is 32.2. The Kier molecular flexibility index (Phi) is 5.68. The summed E-state index contributed by atoms with van der Waals surface area (Å²) in [5.74, 6) is 0. The fraction of sp³-hybridized carbons (Fsp3) is 0.222. The van der Waals surface area contributed by atoms with Gasteiger partial charge in [-0.3, -0.25) is 9.88 Å². The number of rotatable bonds is 4. The lowest BCUT2D eigenvalue weighted by atomic mass is 9.86. The van der Waals surface area contributed by atoms with Gasteiger partial charge in [0.15, 0.2) is 14.9 Å². The molecule has 2 amide bonds. The van der Waals surface area contributed by atoms with E-state index in [-0.39, 0.29) is 11.1 Å². The molecular formula is C27H24N6O3S. The maximum Gasteiger partial charge on any atom is 0.329 e. The molecule has 0 atom stereocenters. The van der Waals surface area contributed by atoms with Gasteiger partial charge in [-0.25, -0.2) is 23.2 Å². The highest BCUT2D eigenvalue weighted by Crippen LogP contribution is 2.39. The summed E-state index contributed by atoms with van der Waals surface area (Å²) in [6, 6.07) is 16.2. The van der Waals surface area contributed by atoms with Gasteiger partial charge in [0.1, 0.15) is 5.52 Å². The molecule has 0 radical (unpaired) electrons. The SMILES string of the molecule is CN1Cc2cnc3ccc(-c4ccc(S(C)(=O)=O)nc4)nc3c2N(c2ccc(C(C)(C)C#N)cc2)C1=O. The number of nitriles is 1. The third kappa shape index (κ3) is 4.27. The molecule has 0 aliphatic carbocycles. The molecular weight excluding hydrogens is 488 g/mol. The molecule has 4 heterocycles. The molecule has 1 aliphatic rings. The van der Waals surface area contributed by atoms with Crippen molar-refractivity contribution < 1.29 is 13.2 Å². The number of fused-ring (bicyclic) bond motifs is 3. The van der Waals surface area contributed by atoms with Crippen LogP contribution in [0.4, 0.5) is 16.2 Å². The Balaban J connectivity index is 1.66. The van der Waals surface area contributed by atoms with E-state index >= 15 is 0 Å². The normalized spacial score (nSPS) is 14.0. The minimum Gasteiger partial charge on any atom is -0.323 e. The summed E-state index contributed by atoms with van der Waals surface area (Å²) in [5.41, 5.74) is 4.70. The zero-order valence-electron chi connectivity index (χ0n) is 20.8. The molecule has 0 N–H and O–H groups in total. The van der Waals surface area contributed by atoms with Gasteiger partial charge in [0.25, 0.3) is 0 Å². The van der Waals surface area contributed by atoms with Crippen molar-refractivity contribution in [1.82, 2.24) is 19.9 Å². The van der Waals surface area contributed by atoms with E-state index in [1.165, 1.54) is 12.3 Å². The van der Waals surface area contributed by atoms with Crippen molar-refractivity contribution in [1.29, 1.82) is 5.26 Å². The Labute approximate surface area is 214 Å². The summed E-state index contributed by atoms with van der Waals surface area (Å²) in [5, 5.41) is 9.48. The highest BCUT2D eigenvalue weighted by Gasteiger charge is 2.32. The summed E-state index contributed by atoms with van der Waals surface area (Å²) in [6.45, 7) is 4.07. The Morgan fingerprint density at radius 2 is 1.73 bits per heavy atom. The van der Waals surface area contributed by atoms with Crippen LogP contribution < -0.4 is 4.90 Å². The molecule has 0 saturated heterocycles. The summed E-state index contributed by atoms with van der Waals surface area (Å²) in [7, 11) is -1.69. The molecule has 1 aromatic carbocycles. The Hall–Kier alpha value is -4.36. The fourth-order valence-electron chi connectivity index (χ4n) is 4.29. The van der Waals surface area contributed by atoms with Gasteiger partial charge >= 0.3 is 6.03 Å². The minimum absolute atomic E-state index is 0.0149. The number of carbonyl (C=O) groups is 1. The van der Waals surface area contributed by atoms with Crippen molar-refractivity contribution in [3.63, 3.8) is 0 Å². The molecule has 0 fully saturated rings. The van der Waals surface area contributed by atoms with Gasteiger partial charge in [-0.1, -0.05) is 12.1 Å². The van der Waals surface area contributed by atoms with Crippen LogP contribution >= 0.6 is 0 Å². The van der Waals surface area contributed by atoms with Crippen molar-refractivity contribution in [3.8, 4) is 17.3 Å². The molecule has 0 saturated carbocycles. The lowest BCUT2D eigenvalue weighted by Crippen LogP contribution is -2.42. The first kappa shape index (κ1) is 24.3. The number of benzene rings is 1. The molecule has 5 rings (SSSR count). The van der Waals surface area contributed by atoms with E-state index < -0.39 is 15.3 Å². The molecule has 186 valence electrons. The van der Waals surface area contributed by atoms with Gasteiger partial charge in [0, 0.05) is 36.8 Å². The number of nitrogens with zero attached hydrogens (tertiary/aromatic N) is 6. The quantitative estimate of drug-likeness (QED) is 0.392. The molecule has 0 bridgehead atoms. The average Bonchev–Trinajstić information content (AvgIpc) is 2.89. The van der Waals surface area contributed by atoms with Crippen molar-refractivity contribution in [2.45, 2.75) is 30.8 Å². The van der Waals surface area contributed by atoms with E-state index in [0.29, 0.717) is 40.2 Å². The Morgan fingerprint density at radius 1 is 1.00 bits per heavy atom. The number of amides is 2. The lowest BCUT2D eigenvalue weighted by molar-refractivity contribution is 0.213. The van der Waals surface area contributed by atoms with E-state index in [4.69, 9.17) is 4.98 Å². The number of aromatic nitrogens is 3. The van der Waals surface area contributed by atoms with Crippen LogP contribution in [0, 0.1) is 11.3 Å². The van der Waals surface area contributed by atoms with Crippen molar-refractivity contribution in [3.05, 3.63) is 72.1 Å². The molecule has 37 heavy (non-hydrogen) atoms. The second-order valence-electron chi connectivity index (χ2n) is 9.61. The number of anilines is 2. The fourth-order valence-corrected chi connectivity index (χ4v) is 4.85. The topological polar surface area (TPSA) is 120 Å². The predicted molar refractivity (Wildman–Crippen MR) is 140 cm³/mol. The summed E-state index contributed by atoms with van der Waals surface area (Å²) in [6.07, 6.45) is 4.34. The van der Waals surface area contributed by atoms with Crippen molar-refractivity contribution in [2.24, 2.45) is 0 Å². The number of urea groups is 1. The first-order valence-electron chi connectivity index (χ1n) is 11.5. The van der Waals surface area contributed by atoms with Gasteiger partial charge in [-0.05, 0) is 55.8 Å². The average molecular weight is 513 g/mol. The molecule has 3 aromatic heterocycles. The zero-order valence-corrected chi connectivity index (χ0v) is 21.6. The van der Waals surface area contributed by atoms with Gasteiger partial charge in [-0.15, -0.1) is 0 Å². The van der Waals surface area contributed by atoms with Crippen molar-refractivity contribution in [2.75, 3.05) is 18.2 Å². The summed E-state index contributed by atoms with van der Waals surface area (Å²) in [4.78, 5) is 30.2. The number of pyridine rings is 3. The van der Waals surface area contributed by atoms with E-state index in [2.05, 4.69) is 16.0 Å². The third-order valence-corrected chi connectivity index (χ3v) is 7.45. The minimum atomic E-state index is -3.42. The monoisotopic (exact) mass is 512 g/mol. The van der Waals surface area contributed by atoms with Gasteiger partial charge in [-0.2, -0.15) is 5.26 Å². The van der Waals surface area contributed by atoms with E-state index in [1.54, 1.807) is 35.2 Å². The molecule has 0 unspecified atom stereocenters. The number of hydrogen-bond acceptors (Lipinski definition) is 7. The van der Waals surface area contributed by atoms with Crippen LogP contribution in [0.15, 0.2) is 66.0 Å². The van der Waals surface area contributed by atoms with Gasteiger partial charge < -0.3 is 4.90 Å². The van der Waals surface area contributed by atoms with Crippen LogP contribution in [0.5, 0.6) is 0 Å². The number of hydrogen-bond donors (Lipinski definition) is 0. The first-order valence-corrected chi connectivity index (χ1v) is 13.4. The largest absolute Gasteiger partial charge is 0.329 e. The van der Waals surface area contributed by atoms with Gasteiger partial charge in [0.05, 0.1) is 40.6 Å². The molecule has 10 heteroatoms. The van der Waals surface area contributed by atoms with Crippen LogP contribution in [-0.2, 0) is 21.8 Å². The Bertz CT molecular complexity index is 1690. The Morgan fingerprint density at radius 3 is 2.35 bits per heavy atom. The smallest absolute Gasteiger partial charge is 0.323 e.